The first-order chi connectivity index (χ1) is 12.3. The first kappa shape index (κ1) is 20.9. The summed E-state index contributed by atoms with van der Waals surface area (Å²) in [5.74, 6) is 0.395. The van der Waals surface area contributed by atoms with E-state index in [0.717, 1.165) is 22.7 Å². The quantitative estimate of drug-likeness (QED) is 0.536. The number of hydrogen-bond acceptors (Lipinski definition) is 1. The summed E-state index contributed by atoms with van der Waals surface area (Å²) >= 11 is 12.4. The van der Waals surface area contributed by atoms with Crippen LogP contribution in [-0.2, 0) is 17.9 Å². The number of aromatic nitrogens is 1. The maximum atomic E-state index is 13.1. The predicted octanol–water partition coefficient (Wildman–Crippen LogP) is 5.58. The summed E-state index contributed by atoms with van der Waals surface area (Å²) in [6, 6.07) is 12.1. The number of carbonyl (C=O) groups excluding carboxylic acids is 1. The molecule has 0 aliphatic carbocycles. The molecule has 0 saturated carbocycles. The third kappa shape index (κ3) is 4.83. The molecular formula is C21H28Cl2N2O. The van der Waals surface area contributed by atoms with Crippen molar-refractivity contribution in [2.24, 2.45) is 5.41 Å². The summed E-state index contributed by atoms with van der Waals surface area (Å²) in [6.07, 6.45) is 2.93. The predicted molar refractivity (Wildman–Crippen MR) is 110 cm³/mol. The van der Waals surface area contributed by atoms with Crippen LogP contribution in [-0.4, -0.2) is 27.3 Å². The molecule has 0 N–H and O–H groups in total. The van der Waals surface area contributed by atoms with Crippen LogP contribution in [0.3, 0.4) is 0 Å². The van der Waals surface area contributed by atoms with Gasteiger partial charge in [0.15, 0.2) is 0 Å². The van der Waals surface area contributed by atoms with Gasteiger partial charge in [-0.25, -0.2) is 0 Å². The van der Waals surface area contributed by atoms with E-state index in [9.17, 15) is 4.79 Å². The molecule has 1 unspecified atom stereocenters. The van der Waals surface area contributed by atoms with E-state index in [2.05, 4.69) is 24.5 Å². The third-order valence-electron chi connectivity index (χ3n) is 4.85. The number of hydrogen-bond donors (Lipinski definition) is 0. The van der Waals surface area contributed by atoms with E-state index in [1.807, 2.05) is 55.3 Å². The Bertz CT molecular complexity index is 739. The minimum absolute atomic E-state index is 0.0901. The molecule has 2 aromatic rings. The Hall–Kier alpha value is -1.45. The molecule has 1 aromatic heterocycles. The van der Waals surface area contributed by atoms with Gasteiger partial charge in [-0.3, -0.25) is 4.79 Å². The van der Waals surface area contributed by atoms with Crippen LogP contribution in [0.1, 0.15) is 45.4 Å². The van der Waals surface area contributed by atoms with E-state index < -0.39 is 5.41 Å². The Morgan fingerprint density at radius 3 is 2.54 bits per heavy atom. The molecule has 0 radical (unpaired) electrons. The van der Waals surface area contributed by atoms with Gasteiger partial charge in [-0.15, -0.1) is 11.6 Å². The van der Waals surface area contributed by atoms with Crippen molar-refractivity contribution in [2.45, 2.75) is 53.2 Å². The number of halogens is 2. The van der Waals surface area contributed by atoms with Crippen LogP contribution < -0.4 is 0 Å². The van der Waals surface area contributed by atoms with Crippen LogP contribution in [0.25, 0.3) is 0 Å². The summed E-state index contributed by atoms with van der Waals surface area (Å²) in [7, 11) is 0. The molecule has 1 aromatic carbocycles. The van der Waals surface area contributed by atoms with Gasteiger partial charge >= 0.3 is 0 Å². The molecule has 142 valence electrons. The van der Waals surface area contributed by atoms with Gasteiger partial charge in [0.1, 0.15) is 0 Å². The molecule has 26 heavy (non-hydrogen) atoms. The van der Waals surface area contributed by atoms with Crippen molar-refractivity contribution in [1.29, 1.82) is 0 Å². The van der Waals surface area contributed by atoms with Crippen molar-refractivity contribution < 1.29 is 4.79 Å². The van der Waals surface area contributed by atoms with Crippen molar-refractivity contribution >= 4 is 29.1 Å². The van der Waals surface area contributed by atoms with Crippen molar-refractivity contribution in [3.63, 3.8) is 0 Å². The van der Waals surface area contributed by atoms with Crippen molar-refractivity contribution in [3.05, 3.63) is 58.9 Å². The van der Waals surface area contributed by atoms with Gasteiger partial charge in [0.2, 0.25) is 5.91 Å². The van der Waals surface area contributed by atoms with Gasteiger partial charge < -0.3 is 9.47 Å². The highest BCUT2D eigenvalue weighted by atomic mass is 35.5. The van der Waals surface area contributed by atoms with Crippen LogP contribution in [0.5, 0.6) is 0 Å². The van der Waals surface area contributed by atoms with Crippen LogP contribution in [0.15, 0.2) is 42.6 Å². The topological polar surface area (TPSA) is 25.2 Å². The van der Waals surface area contributed by atoms with E-state index in [1.54, 1.807) is 0 Å². The van der Waals surface area contributed by atoms with Crippen LogP contribution >= 0.6 is 23.2 Å². The molecule has 0 spiro atoms. The number of benzene rings is 1. The molecule has 0 fully saturated rings. The largest absolute Gasteiger partial charge is 0.345 e. The lowest BCUT2D eigenvalue weighted by Crippen LogP contribution is -2.46. The first-order valence-corrected chi connectivity index (χ1v) is 9.95. The second kappa shape index (κ2) is 8.96. The average molecular weight is 395 g/mol. The molecule has 1 amide bonds. The third-order valence-corrected chi connectivity index (χ3v) is 5.89. The number of amides is 1. The lowest BCUT2D eigenvalue weighted by atomic mass is 9.93. The molecule has 0 aliphatic rings. The molecule has 5 heteroatoms. The highest BCUT2D eigenvalue weighted by Gasteiger charge is 2.33. The number of nitrogens with zero attached hydrogens (tertiary/aromatic N) is 2. The normalized spacial score (nSPS) is 12.8. The lowest BCUT2D eigenvalue weighted by Gasteiger charge is -2.35. The Morgan fingerprint density at radius 1 is 1.23 bits per heavy atom. The van der Waals surface area contributed by atoms with E-state index in [-0.39, 0.29) is 11.9 Å². The average Bonchev–Trinajstić information content (AvgIpc) is 3.07. The molecule has 0 saturated heterocycles. The van der Waals surface area contributed by atoms with E-state index >= 15 is 0 Å². The fourth-order valence-electron chi connectivity index (χ4n) is 2.83. The molecule has 0 aliphatic heterocycles. The summed E-state index contributed by atoms with van der Waals surface area (Å²) in [5, 5.41) is 0.755. The molecular weight excluding hydrogens is 367 g/mol. The van der Waals surface area contributed by atoms with Crippen molar-refractivity contribution in [2.75, 3.05) is 5.88 Å². The van der Waals surface area contributed by atoms with Gasteiger partial charge in [-0.05, 0) is 51.0 Å². The second-order valence-corrected chi connectivity index (χ2v) is 8.10. The maximum Gasteiger partial charge on any atom is 0.230 e. The summed E-state index contributed by atoms with van der Waals surface area (Å²) in [6.45, 7) is 9.24. The molecule has 1 heterocycles. The van der Waals surface area contributed by atoms with Gasteiger partial charge in [0, 0.05) is 35.4 Å². The van der Waals surface area contributed by atoms with Gasteiger partial charge in [-0.1, -0.05) is 36.7 Å². The Balaban J connectivity index is 2.26. The fraction of sp³-hybridized carbons (Fsp3) is 0.476. The summed E-state index contributed by atoms with van der Waals surface area (Å²) < 4.78 is 2.15. The standard InChI is InChI=1S/C21H28Cl2N2O/c1-5-16(2)25(20(26)21(3,4)15-22)14-18-10-8-12-24(18)13-17-9-6-7-11-19(17)23/h6-12,16H,5,13-15H2,1-4H3. The molecule has 0 bridgehead atoms. The van der Waals surface area contributed by atoms with Crippen LogP contribution in [0.4, 0.5) is 0 Å². The molecule has 3 nitrogen and oxygen atoms in total. The minimum atomic E-state index is -0.578. The lowest BCUT2D eigenvalue weighted by molar-refractivity contribution is -0.142. The first-order valence-electron chi connectivity index (χ1n) is 9.04. The van der Waals surface area contributed by atoms with Crippen molar-refractivity contribution in [3.8, 4) is 0 Å². The zero-order chi connectivity index (χ0) is 19.3. The highest BCUT2D eigenvalue weighted by Crippen LogP contribution is 2.25. The summed E-state index contributed by atoms with van der Waals surface area (Å²) in [4.78, 5) is 15.0. The zero-order valence-corrected chi connectivity index (χ0v) is 17.5. The smallest absolute Gasteiger partial charge is 0.230 e. The van der Waals surface area contributed by atoms with E-state index in [1.165, 1.54) is 0 Å². The second-order valence-electron chi connectivity index (χ2n) is 7.43. The molecule has 1 atom stereocenters. The molecule has 2 rings (SSSR count). The monoisotopic (exact) mass is 394 g/mol. The summed E-state index contributed by atoms with van der Waals surface area (Å²) in [5.41, 5.74) is 1.57. The highest BCUT2D eigenvalue weighted by molar-refractivity contribution is 6.31. The fourth-order valence-corrected chi connectivity index (χ4v) is 3.14. The van der Waals surface area contributed by atoms with Crippen LogP contribution in [0, 0.1) is 5.41 Å². The SMILES string of the molecule is CCC(C)N(Cc1cccn1Cc1ccccc1Cl)C(=O)C(C)(C)CCl. The number of carbonyl (C=O) groups is 1. The van der Waals surface area contributed by atoms with E-state index in [4.69, 9.17) is 23.2 Å². The Morgan fingerprint density at radius 2 is 1.92 bits per heavy atom. The van der Waals surface area contributed by atoms with Gasteiger partial charge in [-0.2, -0.15) is 0 Å². The van der Waals surface area contributed by atoms with E-state index in [0.29, 0.717) is 19.0 Å². The maximum absolute atomic E-state index is 13.1. The Labute approximate surface area is 166 Å². The van der Waals surface area contributed by atoms with Crippen molar-refractivity contribution in [1.82, 2.24) is 9.47 Å². The number of alkyl halides is 1. The zero-order valence-electron chi connectivity index (χ0n) is 16.0. The Kier molecular flexibility index (Phi) is 7.19. The number of rotatable bonds is 8. The van der Waals surface area contributed by atoms with Gasteiger partial charge in [0.05, 0.1) is 12.0 Å². The van der Waals surface area contributed by atoms with Gasteiger partial charge in [0.25, 0.3) is 0 Å². The minimum Gasteiger partial charge on any atom is -0.345 e. The van der Waals surface area contributed by atoms with Crippen LogP contribution in [0.2, 0.25) is 5.02 Å².